The molecule has 29 heavy (non-hydrogen) atoms. The average Bonchev–Trinajstić information content (AvgIpc) is 3.16. The van der Waals surface area contributed by atoms with Crippen molar-refractivity contribution in [3.05, 3.63) is 18.5 Å². The Hall–Kier alpha value is -1.09. The third-order valence-corrected chi connectivity index (χ3v) is 6.10. The fourth-order valence-corrected chi connectivity index (χ4v) is 3.91. The molecule has 1 aromatic heterocycles. The second-order valence-electron chi connectivity index (χ2n) is 6.56. The summed E-state index contributed by atoms with van der Waals surface area (Å²) in [5.74, 6) is 0.701. The van der Waals surface area contributed by atoms with Crippen molar-refractivity contribution in [2.75, 3.05) is 32.7 Å². The number of aliphatic imine (C=N–C) groups is 1. The summed E-state index contributed by atoms with van der Waals surface area (Å²) in [6, 6.07) is 1.87. The van der Waals surface area contributed by atoms with Crippen LogP contribution in [0, 0.1) is 5.92 Å². The topological polar surface area (TPSA) is 91.6 Å². The molecule has 1 fully saturated rings. The van der Waals surface area contributed by atoms with Crippen LogP contribution in [0.5, 0.6) is 0 Å². The monoisotopic (exact) mass is 552 g/mol. The summed E-state index contributed by atoms with van der Waals surface area (Å²) < 4.78 is 63.1. The molecule has 0 aliphatic carbocycles. The Kier molecular flexibility index (Phi) is 10.7. The van der Waals surface area contributed by atoms with Gasteiger partial charge in [-0.3, -0.25) is 9.67 Å². The fraction of sp³-hybridized carbons (Fsp3) is 0.750. The van der Waals surface area contributed by atoms with Gasteiger partial charge in [0, 0.05) is 51.7 Å². The van der Waals surface area contributed by atoms with E-state index >= 15 is 0 Å². The molecule has 0 saturated carbocycles. The predicted molar refractivity (Wildman–Crippen MR) is 116 cm³/mol. The summed E-state index contributed by atoms with van der Waals surface area (Å²) in [4.78, 5) is 4.49. The number of hydrogen-bond donors (Lipinski definition) is 2. The lowest BCUT2D eigenvalue weighted by atomic mass is 9.98. The maximum Gasteiger partial charge on any atom is 0.511 e. The number of alkyl halides is 3. The van der Waals surface area contributed by atoms with Crippen LogP contribution in [0.15, 0.2) is 23.5 Å². The summed E-state index contributed by atoms with van der Waals surface area (Å²) in [6.07, 6.45) is 5.20. The van der Waals surface area contributed by atoms with Gasteiger partial charge < -0.3 is 10.6 Å². The van der Waals surface area contributed by atoms with Crippen molar-refractivity contribution in [2.45, 2.75) is 38.2 Å². The van der Waals surface area contributed by atoms with Gasteiger partial charge in [0.25, 0.3) is 0 Å². The highest BCUT2D eigenvalue weighted by molar-refractivity contribution is 14.0. The number of nitrogens with zero attached hydrogens (tertiary/aromatic N) is 4. The molecule has 0 radical (unpaired) electrons. The van der Waals surface area contributed by atoms with E-state index in [4.69, 9.17) is 0 Å². The quantitative estimate of drug-likeness (QED) is 0.223. The van der Waals surface area contributed by atoms with Crippen LogP contribution in [0.3, 0.4) is 0 Å². The van der Waals surface area contributed by atoms with E-state index in [0.717, 1.165) is 13.0 Å². The lowest BCUT2D eigenvalue weighted by molar-refractivity contribution is -0.0496. The van der Waals surface area contributed by atoms with Gasteiger partial charge in [-0.2, -0.15) is 22.6 Å². The standard InChI is InChI=1S/C16H27F3N6O2S.HI/c1-2-20-15(21-7-3-9-24-10-4-8-23-24)22-13-14-5-11-25(12-6-14)28(26,27)16(17,18)19;/h4,8,10,14H,2-3,5-7,9,11-13H2,1H3,(H2,20,21,22);1H. The maximum atomic E-state index is 12.6. The van der Waals surface area contributed by atoms with Gasteiger partial charge in [0.15, 0.2) is 5.96 Å². The lowest BCUT2D eigenvalue weighted by Gasteiger charge is -2.30. The van der Waals surface area contributed by atoms with Crippen LogP contribution in [-0.2, 0) is 16.6 Å². The van der Waals surface area contributed by atoms with Gasteiger partial charge in [-0.25, -0.2) is 8.42 Å². The number of rotatable bonds is 8. The molecular formula is C16H28F3IN6O2S. The molecule has 13 heteroatoms. The zero-order valence-electron chi connectivity index (χ0n) is 16.2. The van der Waals surface area contributed by atoms with Crippen molar-refractivity contribution in [3.63, 3.8) is 0 Å². The molecule has 0 atom stereocenters. The molecular weight excluding hydrogens is 524 g/mol. The van der Waals surface area contributed by atoms with E-state index in [9.17, 15) is 21.6 Å². The molecule has 1 aliphatic heterocycles. The molecule has 0 spiro atoms. The molecule has 1 saturated heterocycles. The van der Waals surface area contributed by atoms with Crippen molar-refractivity contribution in [1.82, 2.24) is 24.7 Å². The van der Waals surface area contributed by atoms with Gasteiger partial charge in [0.05, 0.1) is 0 Å². The molecule has 168 valence electrons. The van der Waals surface area contributed by atoms with E-state index in [1.54, 1.807) is 6.20 Å². The van der Waals surface area contributed by atoms with Gasteiger partial charge in [-0.1, -0.05) is 0 Å². The number of sulfonamides is 1. The lowest BCUT2D eigenvalue weighted by Crippen LogP contribution is -2.45. The zero-order chi connectivity index (χ0) is 20.6. The van der Waals surface area contributed by atoms with E-state index in [1.165, 1.54) is 0 Å². The van der Waals surface area contributed by atoms with Gasteiger partial charge in [-0.15, -0.1) is 24.0 Å². The minimum absolute atomic E-state index is 0. The maximum absolute atomic E-state index is 12.6. The Bertz CT molecular complexity index is 720. The SMILES string of the molecule is CCNC(=NCC1CCN(S(=O)(=O)C(F)(F)F)CC1)NCCCn1cccn1.I. The van der Waals surface area contributed by atoms with Crippen LogP contribution in [0.2, 0.25) is 0 Å². The highest BCUT2D eigenvalue weighted by Crippen LogP contribution is 2.30. The minimum atomic E-state index is -5.24. The van der Waals surface area contributed by atoms with Gasteiger partial charge in [0.2, 0.25) is 0 Å². The second-order valence-corrected chi connectivity index (χ2v) is 8.49. The Morgan fingerprint density at radius 1 is 1.28 bits per heavy atom. The Morgan fingerprint density at radius 2 is 1.97 bits per heavy atom. The first-order chi connectivity index (χ1) is 13.2. The smallest absolute Gasteiger partial charge is 0.357 e. The molecule has 0 bridgehead atoms. The molecule has 8 nitrogen and oxygen atoms in total. The Labute approximate surface area is 186 Å². The highest BCUT2D eigenvalue weighted by Gasteiger charge is 2.50. The average molecular weight is 552 g/mol. The molecule has 0 amide bonds. The number of piperidine rings is 1. The van der Waals surface area contributed by atoms with Crippen LogP contribution >= 0.6 is 24.0 Å². The first-order valence-corrected chi connectivity index (χ1v) is 10.7. The third-order valence-electron chi connectivity index (χ3n) is 4.47. The second kappa shape index (κ2) is 11.9. The molecule has 2 N–H and O–H groups in total. The molecule has 1 aromatic rings. The van der Waals surface area contributed by atoms with Crippen LogP contribution in [-0.4, -0.2) is 66.7 Å². The Morgan fingerprint density at radius 3 is 2.52 bits per heavy atom. The number of guanidine groups is 1. The highest BCUT2D eigenvalue weighted by atomic mass is 127. The van der Waals surface area contributed by atoms with E-state index in [0.29, 0.717) is 42.7 Å². The van der Waals surface area contributed by atoms with Crippen LogP contribution in [0.4, 0.5) is 13.2 Å². The summed E-state index contributed by atoms with van der Waals surface area (Å²) in [5, 5.41) is 10.5. The van der Waals surface area contributed by atoms with E-state index in [1.807, 2.05) is 23.9 Å². The minimum Gasteiger partial charge on any atom is -0.357 e. The van der Waals surface area contributed by atoms with Gasteiger partial charge >= 0.3 is 15.5 Å². The van der Waals surface area contributed by atoms with Crippen molar-refractivity contribution in [2.24, 2.45) is 10.9 Å². The normalized spacial score (nSPS) is 17.0. The third kappa shape index (κ3) is 7.92. The number of nitrogens with one attached hydrogen (secondary N) is 2. The van der Waals surface area contributed by atoms with E-state index in [2.05, 4.69) is 20.7 Å². The van der Waals surface area contributed by atoms with Gasteiger partial charge in [-0.05, 0) is 38.2 Å². The van der Waals surface area contributed by atoms with Crippen LogP contribution < -0.4 is 10.6 Å². The van der Waals surface area contributed by atoms with Crippen LogP contribution in [0.25, 0.3) is 0 Å². The molecule has 1 aliphatic rings. The molecule has 2 heterocycles. The van der Waals surface area contributed by atoms with Crippen molar-refractivity contribution in [1.29, 1.82) is 0 Å². The predicted octanol–water partition coefficient (Wildman–Crippen LogP) is 2.01. The van der Waals surface area contributed by atoms with Crippen molar-refractivity contribution < 1.29 is 21.6 Å². The fourth-order valence-electron chi connectivity index (χ4n) is 2.92. The first-order valence-electron chi connectivity index (χ1n) is 9.30. The van der Waals surface area contributed by atoms with E-state index < -0.39 is 15.5 Å². The van der Waals surface area contributed by atoms with Crippen molar-refractivity contribution in [3.8, 4) is 0 Å². The van der Waals surface area contributed by atoms with E-state index in [-0.39, 0.29) is 43.0 Å². The first kappa shape index (κ1) is 25.9. The van der Waals surface area contributed by atoms with Gasteiger partial charge in [0.1, 0.15) is 0 Å². The Balaban J connectivity index is 0.00000420. The number of halogens is 4. The largest absolute Gasteiger partial charge is 0.511 e. The number of aryl methyl sites for hydroxylation is 1. The number of aromatic nitrogens is 2. The molecule has 0 unspecified atom stereocenters. The summed E-state index contributed by atoms with van der Waals surface area (Å²) in [6.45, 7) is 4.30. The molecule has 2 rings (SSSR count). The number of hydrogen-bond acceptors (Lipinski definition) is 4. The molecule has 0 aromatic carbocycles. The summed E-state index contributed by atoms with van der Waals surface area (Å²) >= 11 is 0. The summed E-state index contributed by atoms with van der Waals surface area (Å²) in [5.41, 5.74) is -5.24. The van der Waals surface area contributed by atoms with Crippen molar-refractivity contribution >= 4 is 40.0 Å². The van der Waals surface area contributed by atoms with Crippen LogP contribution in [0.1, 0.15) is 26.2 Å². The summed E-state index contributed by atoms with van der Waals surface area (Å²) in [7, 11) is -5.23. The zero-order valence-corrected chi connectivity index (χ0v) is 19.4.